The van der Waals surface area contributed by atoms with Crippen molar-refractivity contribution in [1.82, 2.24) is 24.5 Å². The molecule has 0 amide bonds. The monoisotopic (exact) mass is 397 g/mol. The molecule has 0 unspecified atom stereocenters. The zero-order chi connectivity index (χ0) is 20.3. The van der Waals surface area contributed by atoms with Crippen LogP contribution in [0, 0.1) is 12.7 Å². The largest absolute Gasteiger partial charge is 0.275 e. The molecule has 5 rings (SSSR count). The molecular weight excluding hydrogens is 379 g/mol. The maximum atomic E-state index is 14.1. The molecule has 3 heterocycles. The lowest BCUT2D eigenvalue weighted by molar-refractivity contribution is 0.153. The van der Waals surface area contributed by atoms with E-state index in [9.17, 15) is 13.2 Å². The summed E-state index contributed by atoms with van der Waals surface area (Å²) in [5, 5.41) is 9.34. The van der Waals surface area contributed by atoms with E-state index in [1.165, 1.54) is 18.2 Å². The van der Waals surface area contributed by atoms with Crippen LogP contribution in [0.4, 0.5) is 13.2 Å². The maximum absolute atomic E-state index is 14.1. The van der Waals surface area contributed by atoms with Gasteiger partial charge in [-0.3, -0.25) is 4.68 Å². The summed E-state index contributed by atoms with van der Waals surface area (Å²) in [5.41, 5.74) is 3.31. The maximum Gasteiger partial charge on any atom is 0.264 e. The van der Waals surface area contributed by atoms with Gasteiger partial charge < -0.3 is 0 Å². The summed E-state index contributed by atoms with van der Waals surface area (Å²) >= 11 is 0. The summed E-state index contributed by atoms with van der Waals surface area (Å²) in [5.74, 6) is -0.218. The third-order valence-corrected chi connectivity index (χ3v) is 5.26. The molecule has 148 valence electrons. The molecule has 1 saturated carbocycles. The average Bonchev–Trinajstić information content (AvgIpc) is 3.38. The molecule has 8 heteroatoms. The Bertz CT molecular complexity index is 1220. The van der Waals surface area contributed by atoms with Gasteiger partial charge in [-0.2, -0.15) is 10.2 Å². The number of pyridine rings is 1. The first-order valence-electron chi connectivity index (χ1n) is 9.40. The smallest absolute Gasteiger partial charge is 0.264 e. The van der Waals surface area contributed by atoms with Gasteiger partial charge in [0.15, 0.2) is 5.65 Å². The Kier molecular flexibility index (Phi) is 3.97. The highest BCUT2D eigenvalue weighted by Crippen LogP contribution is 2.45. The van der Waals surface area contributed by atoms with Crippen molar-refractivity contribution in [3.63, 3.8) is 0 Å². The van der Waals surface area contributed by atoms with Crippen LogP contribution in [0.1, 0.15) is 42.1 Å². The molecule has 0 radical (unpaired) electrons. The second-order valence-electron chi connectivity index (χ2n) is 7.45. The van der Waals surface area contributed by atoms with E-state index in [1.54, 1.807) is 34.7 Å². The predicted octanol–water partition coefficient (Wildman–Crippen LogP) is 5.08. The predicted molar refractivity (Wildman–Crippen MR) is 103 cm³/mol. The fraction of sp³-hybridized carbons (Fsp3) is 0.286. The Morgan fingerprint density at radius 3 is 2.41 bits per heavy atom. The molecular formula is C21H18F3N5. The van der Waals surface area contributed by atoms with Crippen molar-refractivity contribution in [2.75, 3.05) is 0 Å². The fourth-order valence-electron chi connectivity index (χ4n) is 3.74. The minimum atomic E-state index is -2.67. The Morgan fingerprint density at radius 1 is 1.10 bits per heavy atom. The van der Waals surface area contributed by atoms with Crippen LogP contribution in [0.5, 0.6) is 0 Å². The molecule has 1 aliphatic rings. The first-order valence-corrected chi connectivity index (χ1v) is 9.40. The highest BCUT2D eigenvalue weighted by atomic mass is 19.3. The van der Waals surface area contributed by atoms with Crippen molar-refractivity contribution in [2.45, 2.75) is 32.1 Å². The average molecular weight is 397 g/mol. The second-order valence-corrected chi connectivity index (χ2v) is 7.45. The van der Waals surface area contributed by atoms with E-state index in [1.807, 2.05) is 6.92 Å². The standard InChI is InChI=1S/C21H18F3N5/c1-11-16(10-28(2)26-11)17-9-15(20(23)24)18-19(12-3-4-12)27-29(21(18)25-17)14-7-5-13(22)6-8-14/h5-10,12,20H,3-4H2,1-2H3. The summed E-state index contributed by atoms with van der Waals surface area (Å²) in [6.07, 6.45) is 0.933. The third kappa shape index (κ3) is 2.99. The quantitative estimate of drug-likeness (QED) is 0.482. The zero-order valence-corrected chi connectivity index (χ0v) is 15.9. The number of alkyl halides is 2. The topological polar surface area (TPSA) is 48.5 Å². The van der Waals surface area contributed by atoms with E-state index in [4.69, 9.17) is 4.98 Å². The summed E-state index contributed by atoms with van der Waals surface area (Å²) in [7, 11) is 1.77. The number of nitrogens with zero attached hydrogens (tertiary/aromatic N) is 5. The molecule has 1 aliphatic carbocycles. The van der Waals surface area contributed by atoms with Crippen LogP contribution in [0.3, 0.4) is 0 Å². The zero-order valence-electron chi connectivity index (χ0n) is 15.9. The molecule has 5 nitrogen and oxygen atoms in total. The minimum Gasteiger partial charge on any atom is -0.275 e. The fourth-order valence-corrected chi connectivity index (χ4v) is 3.74. The van der Waals surface area contributed by atoms with Crippen LogP contribution < -0.4 is 0 Å². The van der Waals surface area contributed by atoms with Gasteiger partial charge in [-0.1, -0.05) is 0 Å². The molecule has 0 atom stereocenters. The molecule has 0 N–H and O–H groups in total. The van der Waals surface area contributed by atoms with E-state index in [2.05, 4.69) is 10.2 Å². The van der Waals surface area contributed by atoms with Crippen LogP contribution in [0.25, 0.3) is 28.0 Å². The molecule has 0 saturated heterocycles. The highest BCUT2D eigenvalue weighted by Gasteiger charge is 2.33. The number of fused-ring (bicyclic) bond motifs is 1. The van der Waals surface area contributed by atoms with Gasteiger partial charge in [-0.05, 0) is 50.1 Å². The Morgan fingerprint density at radius 2 is 1.83 bits per heavy atom. The number of aromatic nitrogens is 5. The molecule has 1 aromatic carbocycles. The number of rotatable bonds is 4. The van der Waals surface area contributed by atoms with E-state index < -0.39 is 6.43 Å². The van der Waals surface area contributed by atoms with Gasteiger partial charge in [0.25, 0.3) is 6.43 Å². The highest BCUT2D eigenvalue weighted by molar-refractivity contribution is 5.87. The molecule has 1 fully saturated rings. The number of hydrogen-bond acceptors (Lipinski definition) is 3. The van der Waals surface area contributed by atoms with Crippen LogP contribution in [0.15, 0.2) is 36.5 Å². The SMILES string of the molecule is Cc1nn(C)cc1-c1cc(C(F)F)c2c(C3CC3)nn(-c3ccc(F)cc3)c2n1. The van der Waals surface area contributed by atoms with Crippen LogP contribution in [-0.4, -0.2) is 24.5 Å². The van der Waals surface area contributed by atoms with Crippen molar-refractivity contribution >= 4 is 11.0 Å². The van der Waals surface area contributed by atoms with Crippen LogP contribution in [-0.2, 0) is 7.05 Å². The molecule has 0 bridgehead atoms. The minimum absolute atomic E-state index is 0.0801. The van der Waals surface area contributed by atoms with E-state index >= 15 is 0 Å². The van der Waals surface area contributed by atoms with Gasteiger partial charge in [-0.15, -0.1) is 0 Å². The normalized spacial score (nSPS) is 14.3. The summed E-state index contributed by atoms with van der Waals surface area (Å²) < 4.78 is 44.8. The summed E-state index contributed by atoms with van der Waals surface area (Å²) in [6.45, 7) is 1.82. The van der Waals surface area contributed by atoms with Crippen molar-refractivity contribution in [2.24, 2.45) is 7.05 Å². The number of benzene rings is 1. The molecule has 29 heavy (non-hydrogen) atoms. The molecule has 0 aliphatic heterocycles. The van der Waals surface area contributed by atoms with E-state index in [0.717, 1.165) is 12.8 Å². The lowest BCUT2D eigenvalue weighted by Crippen LogP contribution is -2.00. The first-order chi connectivity index (χ1) is 13.9. The Balaban J connectivity index is 1.83. The lowest BCUT2D eigenvalue weighted by atomic mass is 10.0. The van der Waals surface area contributed by atoms with Gasteiger partial charge >= 0.3 is 0 Å². The van der Waals surface area contributed by atoms with E-state index in [0.29, 0.717) is 39.4 Å². The van der Waals surface area contributed by atoms with Gasteiger partial charge in [0.05, 0.1) is 28.2 Å². The number of hydrogen-bond donors (Lipinski definition) is 0. The molecule has 3 aromatic heterocycles. The number of halogens is 3. The van der Waals surface area contributed by atoms with Crippen molar-refractivity contribution in [3.8, 4) is 16.9 Å². The Hall–Kier alpha value is -3.16. The van der Waals surface area contributed by atoms with Gasteiger partial charge in [-0.25, -0.2) is 22.8 Å². The third-order valence-electron chi connectivity index (χ3n) is 5.26. The van der Waals surface area contributed by atoms with Crippen LogP contribution in [0.2, 0.25) is 0 Å². The Labute approximate surface area is 164 Å². The lowest BCUT2D eigenvalue weighted by Gasteiger charge is -2.08. The first kappa shape index (κ1) is 17.9. The van der Waals surface area contributed by atoms with Gasteiger partial charge in [0.1, 0.15) is 5.82 Å². The van der Waals surface area contributed by atoms with Crippen LogP contribution >= 0.6 is 0 Å². The second kappa shape index (κ2) is 6.43. The molecule has 4 aromatic rings. The molecule has 0 spiro atoms. The van der Waals surface area contributed by atoms with Crippen molar-refractivity contribution < 1.29 is 13.2 Å². The van der Waals surface area contributed by atoms with Gasteiger partial charge in [0, 0.05) is 30.3 Å². The van der Waals surface area contributed by atoms with E-state index in [-0.39, 0.29) is 17.3 Å². The summed E-state index contributed by atoms with van der Waals surface area (Å²) in [4.78, 5) is 4.71. The number of aryl methyl sites for hydroxylation is 2. The van der Waals surface area contributed by atoms with Crippen molar-refractivity contribution in [1.29, 1.82) is 0 Å². The summed E-state index contributed by atoms with van der Waals surface area (Å²) in [6, 6.07) is 7.24. The van der Waals surface area contributed by atoms with Crippen molar-refractivity contribution in [3.05, 3.63) is 59.3 Å². The van der Waals surface area contributed by atoms with Gasteiger partial charge in [0.2, 0.25) is 0 Å².